The fourth-order valence-corrected chi connectivity index (χ4v) is 4.57. The van der Waals surface area contributed by atoms with Crippen LogP contribution in [0, 0.1) is 16.7 Å². The van der Waals surface area contributed by atoms with Crippen molar-refractivity contribution < 1.29 is 24.9 Å². The Morgan fingerprint density at radius 1 is 1.35 bits per heavy atom. The zero-order valence-electron chi connectivity index (χ0n) is 11.9. The van der Waals surface area contributed by atoms with Crippen LogP contribution in [0.25, 0.3) is 0 Å². The molecule has 112 valence electrons. The molecule has 0 aromatic rings. The number of aliphatic hydroxyl groups excluding tert-OH is 3. The molecule has 5 heteroatoms. The Balaban J connectivity index is 2.11. The second-order valence-corrected chi connectivity index (χ2v) is 6.91. The molecular formula is C15H22O5. The van der Waals surface area contributed by atoms with Gasteiger partial charge in [0.25, 0.3) is 0 Å². The molecular weight excluding hydrogens is 260 g/mol. The first-order valence-electron chi connectivity index (χ1n) is 7.22. The molecule has 3 N–H and O–H groups in total. The third-order valence-corrected chi connectivity index (χ3v) is 5.98. The minimum Gasteiger partial charge on any atom is -0.458 e. The molecule has 0 aromatic heterocycles. The molecule has 0 bridgehead atoms. The van der Waals surface area contributed by atoms with Gasteiger partial charge in [-0.15, -0.1) is 0 Å². The van der Waals surface area contributed by atoms with E-state index in [4.69, 9.17) is 4.74 Å². The summed E-state index contributed by atoms with van der Waals surface area (Å²) in [6.07, 6.45) is 0.285. The lowest BCUT2D eigenvalue weighted by molar-refractivity contribution is -0.137. The van der Waals surface area contributed by atoms with Crippen LogP contribution in [-0.2, 0) is 9.53 Å². The molecule has 5 nitrogen and oxygen atoms in total. The molecule has 3 aliphatic rings. The van der Waals surface area contributed by atoms with Gasteiger partial charge in [0.2, 0.25) is 0 Å². The summed E-state index contributed by atoms with van der Waals surface area (Å²) in [4.78, 5) is 11.8. The smallest absolute Gasteiger partial charge is 0.337 e. The summed E-state index contributed by atoms with van der Waals surface area (Å²) in [5.74, 6) is -0.476. The van der Waals surface area contributed by atoms with Crippen LogP contribution < -0.4 is 0 Å². The summed E-state index contributed by atoms with van der Waals surface area (Å²) in [7, 11) is 0. The summed E-state index contributed by atoms with van der Waals surface area (Å²) in [5.41, 5.74) is 0.341. The molecule has 20 heavy (non-hydrogen) atoms. The quantitative estimate of drug-likeness (QED) is 0.605. The Kier molecular flexibility index (Phi) is 3.01. The van der Waals surface area contributed by atoms with Crippen molar-refractivity contribution in [3.8, 4) is 0 Å². The van der Waals surface area contributed by atoms with E-state index in [1.54, 1.807) is 0 Å². The van der Waals surface area contributed by atoms with Crippen molar-refractivity contribution in [3.63, 3.8) is 0 Å². The summed E-state index contributed by atoms with van der Waals surface area (Å²) in [5, 5.41) is 30.4. The molecule has 1 heterocycles. The molecule has 0 radical (unpaired) electrons. The fraction of sp³-hybridized carbons (Fsp3) is 0.800. The van der Waals surface area contributed by atoms with Crippen molar-refractivity contribution in [2.24, 2.45) is 16.7 Å². The normalized spacial score (nSPS) is 47.9. The van der Waals surface area contributed by atoms with E-state index in [1.165, 1.54) is 0 Å². The fourth-order valence-electron chi connectivity index (χ4n) is 4.57. The van der Waals surface area contributed by atoms with Gasteiger partial charge < -0.3 is 20.1 Å². The van der Waals surface area contributed by atoms with Crippen LogP contribution in [0.2, 0.25) is 0 Å². The summed E-state index contributed by atoms with van der Waals surface area (Å²) in [6.45, 7) is 4.05. The predicted molar refractivity (Wildman–Crippen MR) is 70.6 cm³/mol. The van der Waals surface area contributed by atoms with E-state index in [0.29, 0.717) is 18.4 Å². The lowest BCUT2D eigenvalue weighted by Gasteiger charge is -2.56. The van der Waals surface area contributed by atoms with Crippen LogP contribution in [0.1, 0.15) is 33.1 Å². The van der Waals surface area contributed by atoms with Gasteiger partial charge in [-0.05, 0) is 36.2 Å². The van der Waals surface area contributed by atoms with Gasteiger partial charge in [0.15, 0.2) is 0 Å². The van der Waals surface area contributed by atoms with Crippen LogP contribution >= 0.6 is 0 Å². The first kappa shape index (κ1) is 14.0. The number of fused-ring (bicyclic) bond motifs is 2. The standard InChI is InChI=1S/C15H22O5/c1-14-4-3-11(18)15(2,7-16)10(14)5-9(17)12-8(14)6-20-13(12)19/h9-11,16-18H,3-7H2,1-2H3/t9-,10+,11-,14+,15+/m0/s1. The number of aliphatic hydroxyl groups is 3. The van der Waals surface area contributed by atoms with Crippen LogP contribution in [0.4, 0.5) is 0 Å². The molecule has 0 saturated heterocycles. The van der Waals surface area contributed by atoms with Crippen LogP contribution in [0.5, 0.6) is 0 Å². The molecule has 1 fully saturated rings. The van der Waals surface area contributed by atoms with E-state index >= 15 is 0 Å². The molecule has 0 spiro atoms. The number of rotatable bonds is 1. The number of esters is 1. The Labute approximate surface area is 118 Å². The molecule has 0 unspecified atom stereocenters. The summed E-state index contributed by atoms with van der Waals surface area (Å²) >= 11 is 0. The van der Waals surface area contributed by atoms with Gasteiger partial charge >= 0.3 is 5.97 Å². The minimum atomic E-state index is -0.853. The summed E-state index contributed by atoms with van der Waals surface area (Å²) in [6, 6.07) is 0. The second kappa shape index (κ2) is 4.29. The third kappa shape index (κ3) is 1.57. The van der Waals surface area contributed by atoms with Gasteiger partial charge in [0.1, 0.15) is 6.61 Å². The Hall–Kier alpha value is -0.910. The molecule has 5 atom stereocenters. The highest BCUT2D eigenvalue weighted by atomic mass is 16.5. The van der Waals surface area contributed by atoms with Crippen molar-refractivity contribution in [2.75, 3.05) is 13.2 Å². The molecule has 3 rings (SSSR count). The van der Waals surface area contributed by atoms with Gasteiger partial charge in [-0.25, -0.2) is 4.79 Å². The zero-order chi connectivity index (χ0) is 14.7. The molecule has 0 amide bonds. The first-order chi connectivity index (χ1) is 9.34. The summed E-state index contributed by atoms with van der Waals surface area (Å²) < 4.78 is 5.12. The lowest BCUT2D eigenvalue weighted by atomic mass is 9.49. The largest absolute Gasteiger partial charge is 0.458 e. The van der Waals surface area contributed by atoms with Crippen molar-refractivity contribution in [3.05, 3.63) is 11.1 Å². The number of carbonyl (C=O) groups is 1. The topological polar surface area (TPSA) is 87.0 Å². The maximum atomic E-state index is 11.8. The Morgan fingerprint density at radius 2 is 2.05 bits per heavy atom. The first-order valence-corrected chi connectivity index (χ1v) is 7.22. The monoisotopic (exact) mass is 282 g/mol. The number of carbonyl (C=O) groups excluding carboxylic acids is 1. The van der Waals surface area contributed by atoms with Crippen molar-refractivity contribution >= 4 is 5.97 Å². The van der Waals surface area contributed by atoms with Crippen molar-refractivity contribution in [1.29, 1.82) is 0 Å². The van der Waals surface area contributed by atoms with Gasteiger partial charge in [-0.3, -0.25) is 0 Å². The average molecular weight is 282 g/mol. The zero-order valence-corrected chi connectivity index (χ0v) is 11.9. The van der Waals surface area contributed by atoms with E-state index in [9.17, 15) is 20.1 Å². The maximum Gasteiger partial charge on any atom is 0.337 e. The average Bonchev–Trinajstić information content (AvgIpc) is 2.81. The second-order valence-electron chi connectivity index (χ2n) is 6.91. The van der Waals surface area contributed by atoms with E-state index in [-0.39, 0.29) is 24.5 Å². The highest BCUT2D eigenvalue weighted by Crippen LogP contribution is 2.60. The number of hydrogen-bond acceptors (Lipinski definition) is 5. The number of ether oxygens (including phenoxy) is 1. The molecule has 2 aliphatic carbocycles. The lowest BCUT2D eigenvalue weighted by Crippen LogP contribution is -2.57. The number of cyclic esters (lactones) is 1. The van der Waals surface area contributed by atoms with E-state index in [0.717, 1.165) is 12.0 Å². The Bertz CT molecular complexity index is 485. The van der Waals surface area contributed by atoms with Gasteiger partial charge in [0, 0.05) is 5.41 Å². The SMILES string of the molecule is C[C@]1(CO)[C@@H](O)CC[C@]2(C)C3=C(C(=O)OC3)[C@@H](O)C[C@@H]12. The predicted octanol–water partition coefficient (Wildman–Crippen LogP) is 0.380. The number of hydrogen-bond donors (Lipinski definition) is 3. The Morgan fingerprint density at radius 3 is 2.70 bits per heavy atom. The van der Waals surface area contributed by atoms with Crippen LogP contribution in [-0.4, -0.2) is 46.7 Å². The van der Waals surface area contributed by atoms with Gasteiger partial charge in [-0.2, -0.15) is 0 Å². The molecule has 0 aromatic carbocycles. The van der Waals surface area contributed by atoms with E-state index < -0.39 is 23.6 Å². The van der Waals surface area contributed by atoms with Crippen LogP contribution in [0.15, 0.2) is 11.1 Å². The van der Waals surface area contributed by atoms with Gasteiger partial charge in [0.05, 0.1) is 24.4 Å². The van der Waals surface area contributed by atoms with Gasteiger partial charge in [-0.1, -0.05) is 13.8 Å². The van der Waals surface area contributed by atoms with Crippen LogP contribution in [0.3, 0.4) is 0 Å². The minimum absolute atomic E-state index is 0.0630. The molecule has 1 aliphatic heterocycles. The van der Waals surface area contributed by atoms with E-state index in [1.807, 2.05) is 6.92 Å². The maximum absolute atomic E-state index is 11.8. The molecule has 1 saturated carbocycles. The third-order valence-electron chi connectivity index (χ3n) is 5.98. The van der Waals surface area contributed by atoms with Crippen molar-refractivity contribution in [2.45, 2.75) is 45.3 Å². The van der Waals surface area contributed by atoms with E-state index in [2.05, 4.69) is 6.92 Å². The highest BCUT2D eigenvalue weighted by Gasteiger charge is 2.59. The van der Waals surface area contributed by atoms with Crippen molar-refractivity contribution in [1.82, 2.24) is 0 Å². The highest BCUT2D eigenvalue weighted by molar-refractivity contribution is 5.93.